The van der Waals surface area contributed by atoms with Crippen molar-refractivity contribution in [3.05, 3.63) is 29.8 Å². The molecular weight excluding hydrogens is 225 g/mol. The number of aromatic nitrogens is 2. The van der Waals surface area contributed by atoms with Gasteiger partial charge in [-0.2, -0.15) is 11.8 Å². The highest BCUT2D eigenvalue weighted by Crippen LogP contribution is 2.17. The average molecular weight is 239 g/mol. The third kappa shape index (κ3) is 2.14. The fourth-order valence-electron chi connectivity index (χ4n) is 1.65. The van der Waals surface area contributed by atoms with Crippen molar-refractivity contribution in [2.75, 3.05) is 17.7 Å². The Balaban J connectivity index is 2.29. The number of rotatable bonds is 4. The van der Waals surface area contributed by atoms with Crippen LogP contribution in [0.5, 0.6) is 0 Å². The molecule has 0 bridgehead atoms. The van der Waals surface area contributed by atoms with E-state index in [9.17, 15) is 4.39 Å². The van der Waals surface area contributed by atoms with Gasteiger partial charge in [-0.3, -0.25) is 4.40 Å². The van der Waals surface area contributed by atoms with Crippen LogP contribution in [0, 0.1) is 5.82 Å². The van der Waals surface area contributed by atoms with Crippen LogP contribution < -0.4 is 5.73 Å². The monoisotopic (exact) mass is 239 g/mol. The number of nitrogens with two attached hydrogens (primary N) is 1. The maximum absolute atomic E-state index is 13.0. The molecule has 0 aliphatic carbocycles. The first-order valence-corrected chi connectivity index (χ1v) is 6.52. The molecule has 2 aromatic rings. The fraction of sp³-hybridized carbons (Fsp3) is 0.364. The van der Waals surface area contributed by atoms with Crippen molar-refractivity contribution in [3.8, 4) is 0 Å². The van der Waals surface area contributed by atoms with Crippen LogP contribution in [0.1, 0.15) is 12.1 Å². The van der Waals surface area contributed by atoms with Gasteiger partial charge in [-0.05, 0) is 37.0 Å². The van der Waals surface area contributed by atoms with Crippen LogP contribution in [-0.2, 0) is 6.42 Å². The molecule has 2 aromatic heterocycles. The second kappa shape index (κ2) is 4.74. The third-order valence-electron chi connectivity index (χ3n) is 2.46. The number of hydrogen-bond donors (Lipinski definition) is 1. The van der Waals surface area contributed by atoms with E-state index in [1.807, 2.05) is 0 Å². The Labute approximate surface area is 97.9 Å². The standard InChI is InChI=1S/C11H14FN3S/c1-16-6-2-3-9-11(13)15-7-8(12)4-5-10(15)14-9/h4-5,7H,2-3,6,13H2,1H3. The third-order valence-corrected chi connectivity index (χ3v) is 3.15. The zero-order valence-corrected chi connectivity index (χ0v) is 9.93. The van der Waals surface area contributed by atoms with Crippen LogP contribution in [-0.4, -0.2) is 21.4 Å². The van der Waals surface area contributed by atoms with Gasteiger partial charge in [0.25, 0.3) is 0 Å². The van der Waals surface area contributed by atoms with Gasteiger partial charge in [-0.15, -0.1) is 0 Å². The minimum absolute atomic E-state index is 0.299. The summed E-state index contributed by atoms with van der Waals surface area (Å²) < 4.78 is 14.6. The smallest absolute Gasteiger partial charge is 0.140 e. The van der Waals surface area contributed by atoms with Crippen molar-refractivity contribution in [1.29, 1.82) is 0 Å². The topological polar surface area (TPSA) is 43.3 Å². The van der Waals surface area contributed by atoms with E-state index in [1.54, 1.807) is 22.2 Å². The van der Waals surface area contributed by atoms with E-state index in [0.29, 0.717) is 11.5 Å². The van der Waals surface area contributed by atoms with Crippen LogP contribution >= 0.6 is 11.8 Å². The number of thioether (sulfide) groups is 1. The van der Waals surface area contributed by atoms with Gasteiger partial charge in [0.05, 0.1) is 5.69 Å². The zero-order chi connectivity index (χ0) is 11.5. The molecule has 0 radical (unpaired) electrons. The zero-order valence-electron chi connectivity index (χ0n) is 9.11. The van der Waals surface area contributed by atoms with Gasteiger partial charge in [-0.25, -0.2) is 9.37 Å². The maximum atomic E-state index is 13.0. The first kappa shape index (κ1) is 11.3. The van der Waals surface area contributed by atoms with Crippen molar-refractivity contribution in [2.24, 2.45) is 0 Å². The van der Waals surface area contributed by atoms with Crippen LogP contribution in [0.4, 0.5) is 10.2 Å². The molecule has 0 saturated carbocycles. The molecule has 16 heavy (non-hydrogen) atoms. The normalized spacial score (nSPS) is 11.1. The van der Waals surface area contributed by atoms with Crippen LogP contribution in [0.25, 0.3) is 5.65 Å². The molecule has 3 nitrogen and oxygen atoms in total. The summed E-state index contributed by atoms with van der Waals surface area (Å²) in [5.41, 5.74) is 7.48. The number of aryl methyl sites for hydroxylation is 1. The van der Waals surface area contributed by atoms with Crippen molar-refractivity contribution >= 4 is 23.2 Å². The molecule has 0 unspecified atom stereocenters. The van der Waals surface area contributed by atoms with Gasteiger partial charge < -0.3 is 5.73 Å². The molecule has 0 amide bonds. The summed E-state index contributed by atoms with van der Waals surface area (Å²) in [4.78, 5) is 4.39. The lowest BCUT2D eigenvalue weighted by Crippen LogP contribution is -1.97. The number of pyridine rings is 1. The Hall–Kier alpha value is -1.23. The number of nitrogens with zero attached hydrogens (tertiary/aromatic N) is 2. The second-order valence-electron chi connectivity index (χ2n) is 3.62. The van der Waals surface area contributed by atoms with Gasteiger partial charge in [0.2, 0.25) is 0 Å². The molecule has 86 valence electrons. The summed E-state index contributed by atoms with van der Waals surface area (Å²) in [6.45, 7) is 0. The molecule has 0 aromatic carbocycles. The van der Waals surface area contributed by atoms with Crippen LogP contribution in [0.2, 0.25) is 0 Å². The number of nitrogen functional groups attached to an aromatic ring is 1. The molecule has 0 saturated heterocycles. The van der Waals surface area contributed by atoms with Gasteiger partial charge >= 0.3 is 0 Å². The maximum Gasteiger partial charge on any atom is 0.140 e. The van der Waals surface area contributed by atoms with E-state index in [1.165, 1.54) is 12.3 Å². The summed E-state index contributed by atoms with van der Waals surface area (Å²) in [6, 6.07) is 3.04. The predicted molar refractivity (Wildman–Crippen MR) is 66.3 cm³/mol. The molecule has 0 spiro atoms. The van der Waals surface area contributed by atoms with Gasteiger partial charge in [0.1, 0.15) is 17.3 Å². The highest BCUT2D eigenvalue weighted by Gasteiger charge is 2.08. The molecule has 0 aliphatic rings. The molecular formula is C11H14FN3S. The predicted octanol–water partition coefficient (Wildman–Crippen LogP) is 2.35. The number of hydrogen-bond acceptors (Lipinski definition) is 3. The lowest BCUT2D eigenvalue weighted by Gasteiger charge is -1.98. The molecule has 0 fully saturated rings. The van der Waals surface area contributed by atoms with E-state index >= 15 is 0 Å². The van der Waals surface area contributed by atoms with E-state index in [-0.39, 0.29) is 5.82 Å². The lowest BCUT2D eigenvalue weighted by molar-refractivity contribution is 0.619. The van der Waals surface area contributed by atoms with Crippen molar-refractivity contribution in [1.82, 2.24) is 9.38 Å². The largest absolute Gasteiger partial charge is 0.383 e. The number of imidazole rings is 1. The first-order chi connectivity index (χ1) is 7.72. The molecule has 5 heteroatoms. The Morgan fingerprint density at radius 3 is 3.06 bits per heavy atom. The quantitative estimate of drug-likeness (QED) is 0.833. The SMILES string of the molecule is CSCCCc1nc2ccc(F)cn2c1N. The van der Waals surface area contributed by atoms with Gasteiger partial charge in [-0.1, -0.05) is 0 Å². The Bertz CT molecular complexity index is 495. The summed E-state index contributed by atoms with van der Waals surface area (Å²) in [5.74, 6) is 1.34. The lowest BCUT2D eigenvalue weighted by atomic mass is 10.2. The van der Waals surface area contributed by atoms with Gasteiger partial charge in [0.15, 0.2) is 0 Å². The average Bonchev–Trinajstić information content (AvgIpc) is 2.57. The Morgan fingerprint density at radius 2 is 2.31 bits per heavy atom. The second-order valence-corrected chi connectivity index (χ2v) is 4.60. The summed E-state index contributed by atoms with van der Waals surface area (Å²) in [7, 11) is 0. The molecule has 2 heterocycles. The van der Waals surface area contributed by atoms with E-state index < -0.39 is 0 Å². The molecule has 2 rings (SSSR count). The van der Waals surface area contributed by atoms with Crippen molar-refractivity contribution in [3.63, 3.8) is 0 Å². The minimum Gasteiger partial charge on any atom is -0.383 e. The summed E-state index contributed by atoms with van der Waals surface area (Å²) in [6.07, 6.45) is 5.33. The first-order valence-electron chi connectivity index (χ1n) is 5.13. The molecule has 2 N–H and O–H groups in total. The highest BCUT2D eigenvalue weighted by atomic mass is 32.2. The molecule has 0 atom stereocenters. The van der Waals surface area contributed by atoms with Gasteiger partial charge in [0, 0.05) is 6.20 Å². The highest BCUT2D eigenvalue weighted by molar-refractivity contribution is 7.98. The van der Waals surface area contributed by atoms with E-state index in [0.717, 1.165) is 24.3 Å². The fourth-order valence-corrected chi connectivity index (χ4v) is 2.09. The van der Waals surface area contributed by atoms with E-state index in [4.69, 9.17) is 5.73 Å². The number of anilines is 1. The van der Waals surface area contributed by atoms with Crippen LogP contribution in [0.3, 0.4) is 0 Å². The summed E-state index contributed by atoms with van der Waals surface area (Å²) >= 11 is 1.80. The van der Waals surface area contributed by atoms with Crippen molar-refractivity contribution in [2.45, 2.75) is 12.8 Å². The van der Waals surface area contributed by atoms with E-state index in [2.05, 4.69) is 11.2 Å². The Morgan fingerprint density at radius 1 is 1.50 bits per heavy atom. The molecule has 0 aliphatic heterocycles. The summed E-state index contributed by atoms with van der Waals surface area (Å²) in [5, 5.41) is 0. The number of fused-ring (bicyclic) bond motifs is 1. The number of halogens is 1. The van der Waals surface area contributed by atoms with Crippen molar-refractivity contribution < 1.29 is 4.39 Å². The minimum atomic E-state index is -0.299. The van der Waals surface area contributed by atoms with Crippen LogP contribution in [0.15, 0.2) is 18.3 Å². The Kier molecular flexibility index (Phi) is 3.33.